The third-order valence-electron chi connectivity index (χ3n) is 12.5. The van der Waals surface area contributed by atoms with Crippen LogP contribution < -0.4 is 9.47 Å². The molecule has 1 aliphatic rings. The van der Waals surface area contributed by atoms with E-state index in [0.29, 0.717) is 0 Å². The van der Waals surface area contributed by atoms with Gasteiger partial charge in [0.15, 0.2) is 0 Å². The van der Waals surface area contributed by atoms with Gasteiger partial charge >= 0.3 is 0 Å². The van der Waals surface area contributed by atoms with Crippen LogP contribution in [0.15, 0.2) is 78.9 Å². The van der Waals surface area contributed by atoms with Crippen LogP contribution in [-0.4, -0.2) is 13.2 Å². The Morgan fingerprint density at radius 2 is 0.857 bits per heavy atom. The summed E-state index contributed by atoms with van der Waals surface area (Å²) in [6.45, 7) is 12.9. The summed E-state index contributed by atoms with van der Waals surface area (Å²) in [7, 11) is 0. The number of unbranched alkanes of at least 4 members (excludes halogenated alkanes) is 16. The smallest absolute Gasteiger partial charge is 0.127 e. The maximum Gasteiger partial charge on any atom is 0.127 e. The second-order valence-corrected chi connectivity index (χ2v) is 16.9. The fraction of sp³-hybridized carbons (Fsp3) is 0.556. The number of benzene rings is 4. The molecule has 0 heterocycles. The molecule has 0 saturated carbocycles. The number of fused-ring (bicyclic) bond motifs is 3. The Kier molecular flexibility index (Phi) is 18.4. The van der Waals surface area contributed by atoms with E-state index in [1.807, 2.05) is 0 Å². The van der Waals surface area contributed by atoms with Crippen molar-refractivity contribution in [3.63, 3.8) is 0 Å². The number of hydrogen-bond acceptors (Lipinski definition) is 2. The SMILES string of the molecule is CCCCCCCCC1(CCCCCCCC)c2cc(-c3ccccc3)ccc2-c2ccc(-c3cc(OCCCCCC)c(C)cc3OCCCCCC)cc21. The lowest BCUT2D eigenvalue weighted by atomic mass is 9.70. The van der Waals surface area contributed by atoms with E-state index in [4.69, 9.17) is 9.47 Å². The van der Waals surface area contributed by atoms with Gasteiger partial charge in [-0.25, -0.2) is 0 Å². The molecule has 0 amide bonds. The highest BCUT2D eigenvalue weighted by atomic mass is 16.5. The first kappa shape index (κ1) is 43.6. The molecule has 0 radical (unpaired) electrons. The Morgan fingerprint density at radius 3 is 1.41 bits per heavy atom. The summed E-state index contributed by atoms with van der Waals surface area (Å²) in [6.07, 6.45) is 27.9. The zero-order valence-electron chi connectivity index (χ0n) is 36.3. The van der Waals surface area contributed by atoms with Gasteiger partial charge in [0.25, 0.3) is 0 Å². The van der Waals surface area contributed by atoms with E-state index in [1.54, 1.807) is 5.56 Å². The van der Waals surface area contributed by atoms with Crippen LogP contribution in [-0.2, 0) is 5.41 Å². The zero-order valence-corrected chi connectivity index (χ0v) is 36.3. The molecule has 2 heteroatoms. The predicted octanol–water partition coefficient (Wildman–Crippen LogP) is 17.0. The highest BCUT2D eigenvalue weighted by Crippen LogP contribution is 2.56. The van der Waals surface area contributed by atoms with Gasteiger partial charge in [0.1, 0.15) is 11.5 Å². The molecule has 4 aromatic carbocycles. The Labute approximate surface area is 343 Å². The second kappa shape index (κ2) is 23.6. The summed E-state index contributed by atoms with van der Waals surface area (Å²) in [4.78, 5) is 0. The van der Waals surface area contributed by atoms with Gasteiger partial charge in [-0.05, 0) is 101 Å². The molecule has 5 rings (SSSR count). The van der Waals surface area contributed by atoms with Gasteiger partial charge < -0.3 is 9.47 Å². The normalized spacial score (nSPS) is 12.8. The molecule has 0 unspecified atom stereocenters. The fourth-order valence-corrected chi connectivity index (χ4v) is 9.13. The molecule has 0 atom stereocenters. The van der Waals surface area contributed by atoms with Crippen molar-refractivity contribution in [1.82, 2.24) is 0 Å². The van der Waals surface area contributed by atoms with Crippen molar-refractivity contribution >= 4 is 0 Å². The molecule has 0 saturated heterocycles. The van der Waals surface area contributed by atoms with Crippen LogP contribution in [0.4, 0.5) is 0 Å². The van der Waals surface area contributed by atoms with Crippen molar-refractivity contribution in [3.05, 3.63) is 95.6 Å². The summed E-state index contributed by atoms with van der Waals surface area (Å²) >= 11 is 0. The van der Waals surface area contributed by atoms with Crippen LogP contribution in [0.2, 0.25) is 0 Å². The van der Waals surface area contributed by atoms with Crippen LogP contribution in [0, 0.1) is 6.92 Å². The summed E-state index contributed by atoms with van der Waals surface area (Å²) < 4.78 is 13.2. The topological polar surface area (TPSA) is 18.5 Å². The van der Waals surface area contributed by atoms with E-state index in [1.165, 1.54) is 167 Å². The molecule has 0 aliphatic heterocycles. The van der Waals surface area contributed by atoms with Crippen molar-refractivity contribution < 1.29 is 9.47 Å². The van der Waals surface area contributed by atoms with E-state index < -0.39 is 0 Å². The summed E-state index contributed by atoms with van der Waals surface area (Å²) in [5, 5.41) is 0. The van der Waals surface area contributed by atoms with E-state index in [2.05, 4.69) is 113 Å². The standard InChI is InChI=1S/C54H76O2/c1-6-10-14-18-20-25-35-54(36-26-21-19-15-11-7-2)50-40-45(44-29-23-22-24-30-44)31-33-47(50)48-34-32-46(41-51(48)54)49-42-52(55-37-27-16-12-8-3)43(5)39-53(49)56-38-28-17-13-9-4/h22-24,29-34,39-42H,6-21,25-28,35-38H2,1-5H3. The summed E-state index contributed by atoms with van der Waals surface area (Å²) in [5.41, 5.74) is 12.2. The molecule has 4 aromatic rings. The molecule has 2 nitrogen and oxygen atoms in total. The summed E-state index contributed by atoms with van der Waals surface area (Å²) in [5.74, 6) is 1.99. The Bertz CT molecular complexity index is 1700. The van der Waals surface area contributed by atoms with E-state index in [9.17, 15) is 0 Å². The van der Waals surface area contributed by atoms with Gasteiger partial charge in [0.05, 0.1) is 13.2 Å². The number of hydrogen-bond donors (Lipinski definition) is 0. The van der Waals surface area contributed by atoms with E-state index >= 15 is 0 Å². The molecular formula is C54H76O2. The Hall–Kier alpha value is -3.52. The quantitative estimate of drug-likeness (QED) is 0.0537. The van der Waals surface area contributed by atoms with Crippen LogP contribution in [0.3, 0.4) is 0 Å². The van der Waals surface area contributed by atoms with Gasteiger partial charge in [0, 0.05) is 11.0 Å². The highest BCUT2D eigenvalue weighted by Gasteiger charge is 2.42. The monoisotopic (exact) mass is 757 g/mol. The third-order valence-corrected chi connectivity index (χ3v) is 12.5. The lowest BCUT2D eigenvalue weighted by Gasteiger charge is -2.33. The first-order valence-corrected chi connectivity index (χ1v) is 23.3. The van der Waals surface area contributed by atoms with Gasteiger partial charge in [-0.15, -0.1) is 0 Å². The first-order valence-electron chi connectivity index (χ1n) is 23.3. The molecular weight excluding hydrogens is 681 g/mol. The van der Waals surface area contributed by atoms with Gasteiger partial charge in [-0.3, -0.25) is 0 Å². The minimum atomic E-state index is -0.00847. The number of ether oxygens (including phenoxy) is 2. The number of aryl methyl sites for hydroxylation is 1. The minimum Gasteiger partial charge on any atom is -0.493 e. The lowest BCUT2D eigenvalue weighted by molar-refractivity contribution is 0.296. The Balaban J connectivity index is 1.58. The van der Waals surface area contributed by atoms with E-state index in [-0.39, 0.29) is 5.41 Å². The average molecular weight is 757 g/mol. The predicted molar refractivity (Wildman–Crippen MR) is 244 cm³/mol. The zero-order chi connectivity index (χ0) is 39.4. The third kappa shape index (κ3) is 11.8. The maximum absolute atomic E-state index is 6.70. The van der Waals surface area contributed by atoms with Crippen LogP contribution >= 0.6 is 0 Å². The van der Waals surface area contributed by atoms with Crippen LogP contribution in [0.25, 0.3) is 33.4 Å². The minimum absolute atomic E-state index is 0.00847. The molecule has 56 heavy (non-hydrogen) atoms. The molecule has 0 fully saturated rings. The van der Waals surface area contributed by atoms with Crippen molar-refractivity contribution in [2.75, 3.05) is 13.2 Å². The van der Waals surface area contributed by atoms with Gasteiger partial charge in [0.2, 0.25) is 0 Å². The fourth-order valence-electron chi connectivity index (χ4n) is 9.13. The number of rotatable bonds is 28. The molecule has 0 bridgehead atoms. The average Bonchev–Trinajstić information content (AvgIpc) is 3.49. The molecule has 304 valence electrons. The highest BCUT2D eigenvalue weighted by molar-refractivity contribution is 5.87. The van der Waals surface area contributed by atoms with E-state index in [0.717, 1.165) is 43.1 Å². The van der Waals surface area contributed by atoms with Crippen LogP contribution in [0.5, 0.6) is 11.5 Å². The Morgan fingerprint density at radius 1 is 0.393 bits per heavy atom. The van der Waals surface area contributed by atoms with Crippen molar-refractivity contribution in [2.45, 2.75) is 181 Å². The molecule has 0 aromatic heterocycles. The largest absolute Gasteiger partial charge is 0.493 e. The van der Waals surface area contributed by atoms with Crippen molar-refractivity contribution in [2.24, 2.45) is 0 Å². The summed E-state index contributed by atoms with van der Waals surface area (Å²) in [6, 6.07) is 30.4. The van der Waals surface area contributed by atoms with Crippen LogP contribution in [0.1, 0.15) is 186 Å². The van der Waals surface area contributed by atoms with Gasteiger partial charge in [-0.2, -0.15) is 0 Å². The van der Waals surface area contributed by atoms with Crippen molar-refractivity contribution in [1.29, 1.82) is 0 Å². The lowest BCUT2D eigenvalue weighted by Crippen LogP contribution is -2.25. The van der Waals surface area contributed by atoms with Gasteiger partial charge in [-0.1, -0.05) is 198 Å². The molecule has 0 N–H and O–H groups in total. The van der Waals surface area contributed by atoms with Crippen molar-refractivity contribution in [3.8, 4) is 44.9 Å². The second-order valence-electron chi connectivity index (χ2n) is 16.9. The first-order chi connectivity index (χ1) is 27.6. The molecule has 0 spiro atoms. The molecule has 1 aliphatic carbocycles. The maximum atomic E-state index is 6.70.